The number of oxime groups is 1. The number of rotatable bonds is 2. The van der Waals surface area contributed by atoms with Gasteiger partial charge in [0.2, 0.25) is 0 Å². The van der Waals surface area contributed by atoms with Crippen molar-refractivity contribution in [3.63, 3.8) is 0 Å². The lowest BCUT2D eigenvalue weighted by Gasteiger charge is -1.97. The van der Waals surface area contributed by atoms with E-state index in [0.29, 0.717) is 5.56 Å². The van der Waals surface area contributed by atoms with Gasteiger partial charge in [-0.15, -0.1) is 0 Å². The average Bonchev–Trinajstić information content (AvgIpc) is 2.07. The van der Waals surface area contributed by atoms with Crippen LogP contribution in [0.3, 0.4) is 0 Å². The molecule has 0 spiro atoms. The molecular formula is C8H8BrNO2. The predicted octanol–water partition coefficient (Wildman–Crippen LogP) is 2.14. The van der Waals surface area contributed by atoms with Crippen LogP contribution < -0.4 is 0 Å². The molecule has 1 aromatic rings. The van der Waals surface area contributed by atoms with Crippen molar-refractivity contribution in [2.24, 2.45) is 5.16 Å². The van der Waals surface area contributed by atoms with Crippen LogP contribution in [0.4, 0.5) is 0 Å². The molecule has 0 unspecified atom stereocenters. The molecule has 0 amide bonds. The fourth-order valence-electron chi connectivity index (χ4n) is 0.738. The Balaban J connectivity index is 2.97. The van der Waals surface area contributed by atoms with Crippen molar-refractivity contribution in [2.45, 2.75) is 0 Å². The summed E-state index contributed by atoms with van der Waals surface area (Å²) >= 11 is 3.27. The fourth-order valence-corrected chi connectivity index (χ4v) is 1.12. The van der Waals surface area contributed by atoms with Gasteiger partial charge in [-0.05, 0) is 18.2 Å². The van der Waals surface area contributed by atoms with Crippen molar-refractivity contribution in [1.29, 1.82) is 0 Å². The highest BCUT2D eigenvalue weighted by molar-refractivity contribution is 9.10. The van der Waals surface area contributed by atoms with Crippen molar-refractivity contribution in [2.75, 3.05) is 7.11 Å². The number of phenols is 1. The molecule has 1 aromatic carbocycles. The Morgan fingerprint density at radius 1 is 1.58 bits per heavy atom. The van der Waals surface area contributed by atoms with E-state index in [1.54, 1.807) is 18.2 Å². The maximum atomic E-state index is 9.29. The molecule has 0 atom stereocenters. The summed E-state index contributed by atoms with van der Waals surface area (Å²) < 4.78 is 0.887. The number of nitrogens with zero attached hydrogens (tertiary/aromatic N) is 1. The number of aromatic hydroxyl groups is 1. The number of phenolic OH excluding ortho intramolecular Hbond substituents is 1. The summed E-state index contributed by atoms with van der Waals surface area (Å²) in [7, 11) is 1.45. The van der Waals surface area contributed by atoms with E-state index in [4.69, 9.17) is 0 Å². The maximum Gasteiger partial charge on any atom is 0.124 e. The van der Waals surface area contributed by atoms with Crippen molar-refractivity contribution < 1.29 is 9.94 Å². The highest BCUT2D eigenvalue weighted by atomic mass is 79.9. The van der Waals surface area contributed by atoms with Gasteiger partial charge in [-0.25, -0.2) is 0 Å². The van der Waals surface area contributed by atoms with Crippen molar-refractivity contribution in [1.82, 2.24) is 0 Å². The molecule has 0 aliphatic heterocycles. The number of hydrogen-bond acceptors (Lipinski definition) is 3. The lowest BCUT2D eigenvalue weighted by Crippen LogP contribution is -1.83. The highest BCUT2D eigenvalue weighted by Crippen LogP contribution is 2.19. The molecule has 3 nitrogen and oxygen atoms in total. The van der Waals surface area contributed by atoms with E-state index in [0.717, 1.165) is 4.47 Å². The molecule has 0 bridgehead atoms. The molecule has 0 aromatic heterocycles. The second-order valence-electron chi connectivity index (χ2n) is 2.12. The van der Waals surface area contributed by atoms with E-state index in [-0.39, 0.29) is 5.75 Å². The number of benzene rings is 1. The van der Waals surface area contributed by atoms with Crippen LogP contribution in [0.5, 0.6) is 5.75 Å². The zero-order chi connectivity index (χ0) is 8.97. The third-order valence-corrected chi connectivity index (χ3v) is 1.78. The minimum absolute atomic E-state index is 0.180. The smallest absolute Gasteiger partial charge is 0.124 e. The molecule has 0 fully saturated rings. The first-order chi connectivity index (χ1) is 5.74. The monoisotopic (exact) mass is 229 g/mol. The van der Waals surface area contributed by atoms with Crippen molar-refractivity contribution in [3.05, 3.63) is 28.2 Å². The van der Waals surface area contributed by atoms with Gasteiger partial charge in [0.05, 0.1) is 6.21 Å². The van der Waals surface area contributed by atoms with E-state index in [1.165, 1.54) is 13.3 Å². The molecule has 64 valence electrons. The molecule has 1 N–H and O–H groups in total. The normalized spacial score (nSPS) is 10.5. The maximum absolute atomic E-state index is 9.29. The zero-order valence-corrected chi connectivity index (χ0v) is 8.08. The quantitative estimate of drug-likeness (QED) is 0.624. The second kappa shape index (κ2) is 4.11. The number of hydrogen-bond donors (Lipinski definition) is 1. The van der Waals surface area contributed by atoms with Gasteiger partial charge < -0.3 is 9.94 Å². The lowest BCUT2D eigenvalue weighted by atomic mass is 10.2. The summed E-state index contributed by atoms with van der Waals surface area (Å²) in [6, 6.07) is 5.08. The first-order valence-electron chi connectivity index (χ1n) is 3.29. The van der Waals surface area contributed by atoms with Crippen LogP contribution in [-0.4, -0.2) is 18.4 Å². The van der Waals surface area contributed by atoms with Gasteiger partial charge >= 0.3 is 0 Å². The molecule has 12 heavy (non-hydrogen) atoms. The van der Waals surface area contributed by atoms with Crippen molar-refractivity contribution in [3.8, 4) is 5.75 Å². The minimum atomic E-state index is 0.180. The second-order valence-corrected chi connectivity index (χ2v) is 3.04. The molecule has 0 radical (unpaired) electrons. The van der Waals surface area contributed by atoms with Gasteiger partial charge in [0.1, 0.15) is 12.9 Å². The fraction of sp³-hybridized carbons (Fsp3) is 0.125. The van der Waals surface area contributed by atoms with Crippen LogP contribution in [0.2, 0.25) is 0 Å². The standard InChI is InChI=1S/C8H8BrNO2/c1-12-10-5-6-4-7(9)2-3-8(6)11/h2-5,11H,1H3/b10-5-. The Morgan fingerprint density at radius 3 is 3.00 bits per heavy atom. The van der Waals surface area contributed by atoms with Crippen LogP contribution in [-0.2, 0) is 4.84 Å². The summed E-state index contributed by atoms with van der Waals surface area (Å²) in [5.74, 6) is 0.180. The van der Waals surface area contributed by atoms with E-state index >= 15 is 0 Å². The molecule has 0 heterocycles. The molecule has 0 aliphatic rings. The van der Waals surface area contributed by atoms with Crippen LogP contribution in [0, 0.1) is 0 Å². The molecular weight excluding hydrogens is 222 g/mol. The van der Waals surface area contributed by atoms with Gasteiger partial charge in [-0.2, -0.15) is 0 Å². The topological polar surface area (TPSA) is 41.8 Å². The summed E-state index contributed by atoms with van der Waals surface area (Å²) in [5.41, 5.74) is 0.617. The third-order valence-electron chi connectivity index (χ3n) is 1.29. The SMILES string of the molecule is CO/N=C\c1cc(Br)ccc1O. The minimum Gasteiger partial charge on any atom is -0.507 e. The summed E-state index contributed by atoms with van der Waals surface area (Å²) in [4.78, 5) is 4.48. The van der Waals surface area contributed by atoms with E-state index in [9.17, 15) is 5.11 Å². The molecule has 0 saturated carbocycles. The Labute approximate surface area is 78.8 Å². The van der Waals surface area contributed by atoms with E-state index in [2.05, 4.69) is 25.9 Å². The van der Waals surface area contributed by atoms with E-state index in [1.807, 2.05) is 0 Å². The first-order valence-corrected chi connectivity index (χ1v) is 4.08. The van der Waals surface area contributed by atoms with Crippen LogP contribution in [0.1, 0.15) is 5.56 Å². The summed E-state index contributed by atoms with van der Waals surface area (Å²) in [6.45, 7) is 0. The first kappa shape index (κ1) is 9.06. The molecule has 4 heteroatoms. The Morgan fingerprint density at radius 2 is 2.33 bits per heavy atom. The Bertz CT molecular complexity index is 299. The lowest BCUT2D eigenvalue weighted by molar-refractivity contribution is 0.215. The molecule has 1 rings (SSSR count). The third kappa shape index (κ3) is 2.23. The van der Waals surface area contributed by atoms with Gasteiger partial charge in [0, 0.05) is 10.0 Å². The molecule has 0 aliphatic carbocycles. The Hall–Kier alpha value is -1.03. The largest absolute Gasteiger partial charge is 0.507 e. The summed E-state index contributed by atoms with van der Waals surface area (Å²) in [5, 5.41) is 12.8. The highest BCUT2D eigenvalue weighted by Gasteiger charge is 1.97. The van der Waals surface area contributed by atoms with Gasteiger partial charge in [-0.3, -0.25) is 0 Å². The number of halogens is 1. The average molecular weight is 230 g/mol. The van der Waals surface area contributed by atoms with Crippen LogP contribution in [0.15, 0.2) is 27.8 Å². The zero-order valence-electron chi connectivity index (χ0n) is 6.49. The summed E-state index contributed by atoms with van der Waals surface area (Å²) in [6.07, 6.45) is 1.44. The Kier molecular flexibility index (Phi) is 3.10. The predicted molar refractivity (Wildman–Crippen MR) is 50.4 cm³/mol. The molecule has 0 saturated heterocycles. The van der Waals surface area contributed by atoms with Gasteiger partial charge in [-0.1, -0.05) is 21.1 Å². The van der Waals surface area contributed by atoms with E-state index < -0.39 is 0 Å². The van der Waals surface area contributed by atoms with Gasteiger partial charge in [0.25, 0.3) is 0 Å². The van der Waals surface area contributed by atoms with Crippen LogP contribution >= 0.6 is 15.9 Å². The van der Waals surface area contributed by atoms with Crippen LogP contribution in [0.25, 0.3) is 0 Å². The van der Waals surface area contributed by atoms with Crippen molar-refractivity contribution >= 4 is 22.1 Å². The van der Waals surface area contributed by atoms with Gasteiger partial charge in [0.15, 0.2) is 0 Å².